The lowest BCUT2D eigenvalue weighted by atomic mass is 10.1. The summed E-state index contributed by atoms with van der Waals surface area (Å²) >= 11 is 0. The van der Waals surface area contributed by atoms with Gasteiger partial charge in [0.25, 0.3) is 0 Å². The zero-order valence-electron chi connectivity index (χ0n) is 16.6. The van der Waals surface area contributed by atoms with E-state index in [1.807, 2.05) is 49.1 Å². The average Bonchev–Trinajstić information content (AvgIpc) is 3.18. The SMILES string of the molecule is CC/C=C(/C)C(=O)N1CCN(C(C)c2nc(-c3ccc(C)cc3)no2)CC1. The van der Waals surface area contributed by atoms with Crippen LogP contribution in [0.4, 0.5) is 0 Å². The van der Waals surface area contributed by atoms with E-state index >= 15 is 0 Å². The molecule has 0 aliphatic carbocycles. The van der Waals surface area contributed by atoms with Crippen LogP contribution in [0.3, 0.4) is 0 Å². The predicted octanol–water partition coefficient (Wildman–Crippen LogP) is 3.61. The third-order valence-corrected chi connectivity index (χ3v) is 5.11. The zero-order chi connectivity index (χ0) is 19.4. The van der Waals surface area contributed by atoms with Crippen LogP contribution in [-0.2, 0) is 4.79 Å². The molecule has 144 valence electrons. The Morgan fingerprint density at radius 1 is 1.22 bits per heavy atom. The van der Waals surface area contributed by atoms with Gasteiger partial charge in [0.15, 0.2) is 0 Å². The Balaban J connectivity index is 1.61. The number of aryl methyl sites for hydroxylation is 1. The Bertz CT molecular complexity index is 802. The minimum atomic E-state index is 0.0289. The topological polar surface area (TPSA) is 62.5 Å². The summed E-state index contributed by atoms with van der Waals surface area (Å²) in [5, 5.41) is 4.13. The first kappa shape index (κ1) is 19.3. The van der Waals surface area contributed by atoms with E-state index in [2.05, 4.69) is 28.9 Å². The number of piperazine rings is 1. The largest absolute Gasteiger partial charge is 0.337 e. The molecule has 1 saturated heterocycles. The maximum Gasteiger partial charge on any atom is 0.249 e. The highest BCUT2D eigenvalue weighted by Crippen LogP contribution is 2.24. The van der Waals surface area contributed by atoms with Crippen molar-refractivity contribution in [3.05, 3.63) is 47.4 Å². The van der Waals surface area contributed by atoms with E-state index in [0.29, 0.717) is 11.7 Å². The third-order valence-electron chi connectivity index (χ3n) is 5.11. The molecular formula is C21H28N4O2. The highest BCUT2D eigenvalue weighted by molar-refractivity contribution is 5.92. The van der Waals surface area contributed by atoms with Crippen LogP contribution in [0.5, 0.6) is 0 Å². The van der Waals surface area contributed by atoms with Crippen molar-refractivity contribution >= 4 is 5.91 Å². The molecular weight excluding hydrogens is 340 g/mol. The predicted molar refractivity (Wildman–Crippen MR) is 105 cm³/mol. The van der Waals surface area contributed by atoms with Crippen molar-refractivity contribution in [2.24, 2.45) is 0 Å². The molecule has 6 nitrogen and oxygen atoms in total. The highest BCUT2D eigenvalue weighted by Gasteiger charge is 2.28. The second kappa shape index (κ2) is 8.48. The van der Waals surface area contributed by atoms with Crippen LogP contribution in [0.2, 0.25) is 0 Å². The summed E-state index contributed by atoms with van der Waals surface area (Å²) in [6, 6.07) is 8.12. The molecule has 0 radical (unpaired) electrons. The summed E-state index contributed by atoms with van der Waals surface area (Å²) in [6.07, 6.45) is 2.87. The third kappa shape index (κ3) is 4.45. The standard InChI is InChI=1S/C21H28N4O2/c1-5-6-16(3)21(26)25-13-11-24(12-14-25)17(4)20-22-19(23-27-20)18-9-7-15(2)8-10-18/h6-10,17H,5,11-14H2,1-4H3/b16-6-. The second-order valence-corrected chi connectivity index (χ2v) is 7.12. The molecule has 1 aliphatic heterocycles. The van der Waals surface area contributed by atoms with Gasteiger partial charge in [0.05, 0.1) is 6.04 Å². The monoisotopic (exact) mass is 368 g/mol. The first-order valence-corrected chi connectivity index (χ1v) is 9.60. The van der Waals surface area contributed by atoms with Crippen LogP contribution in [0.1, 0.15) is 44.7 Å². The molecule has 3 rings (SSSR count). The van der Waals surface area contributed by atoms with E-state index < -0.39 is 0 Å². The number of allylic oxidation sites excluding steroid dienone is 1. The van der Waals surface area contributed by atoms with Crippen LogP contribution in [0.15, 0.2) is 40.4 Å². The molecule has 1 unspecified atom stereocenters. The molecule has 1 fully saturated rings. The van der Waals surface area contributed by atoms with Gasteiger partial charge in [-0.15, -0.1) is 0 Å². The molecule has 0 N–H and O–H groups in total. The number of hydrogen-bond acceptors (Lipinski definition) is 5. The van der Waals surface area contributed by atoms with E-state index in [4.69, 9.17) is 4.52 Å². The Morgan fingerprint density at radius 3 is 2.52 bits per heavy atom. The Labute approximate surface area is 160 Å². The molecule has 0 spiro atoms. The number of aromatic nitrogens is 2. The van der Waals surface area contributed by atoms with Crippen LogP contribution in [0, 0.1) is 6.92 Å². The van der Waals surface area contributed by atoms with Gasteiger partial charge in [0.1, 0.15) is 0 Å². The van der Waals surface area contributed by atoms with Gasteiger partial charge in [-0.25, -0.2) is 0 Å². The molecule has 1 aromatic carbocycles. The number of rotatable bonds is 5. The Hall–Kier alpha value is -2.47. The number of carbonyl (C=O) groups excluding carboxylic acids is 1. The summed E-state index contributed by atoms with van der Waals surface area (Å²) in [5.74, 6) is 1.38. The number of carbonyl (C=O) groups is 1. The first-order valence-electron chi connectivity index (χ1n) is 9.60. The molecule has 27 heavy (non-hydrogen) atoms. The Morgan fingerprint density at radius 2 is 1.89 bits per heavy atom. The molecule has 0 saturated carbocycles. The van der Waals surface area contributed by atoms with Gasteiger partial charge >= 0.3 is 0 Å². The molecule has 1 atom stereocenters. The van der Waals surface area contributed by atoms with Crippen LogP contribution in [-0.4, -0.2) is 52.0 Å². The maximum atomic E-state index is 12.4. The van der Waals surface area contributed by atoms with E-state index in [1.54, 1.807) is 0 Å². The minimum absolute atomic E-state index is 0.0289. The van der Waals surface area contributed by atoms with Gasteiger partial charge in [-0.2, -0.15) is 4.98 Å². The average molecular weight is 368 g/mol. The van der Waals surface area contributed by atoms with Gasteiger partial charge in [0.2, 0.25) is 17.6 Å². The van der Waals surface area contributed by atoms with E-state index in [0.717, 1.165) is 43.7 Å². The van der Waals surface area contributed by atoms with E-state index in [9.17, 15) is 4.79 Å². The van der Waals surface area contributed by atoms with Crippen molar-refractivity contribution in [1.82, 2.24) is 19.9 Å². The number of nitrogens with zero attached hydrogens (tertiary/aromatic N) is 4. The minimum Gasteiger partial charge on any atom is -0.337 e. The molecule has 1 aromatic heterocycles. The molecule has 1 aliphatic rings. The van der Waals surface area contributed by atoms with Gasteiger partial charge in [-0.3, -0.25) is 9.69 Å². The van der Waals surface area contributed by atoms with Crippen molar-refractivity contribution in [2.45, 2.75) is 40.2 Å². The highest BCUT2D eigenvalue weighted by atomic mass is 16.5. The quantitative estimate of drug-likeness (QED) is 0.755. The summed E-state index contributed by atoms with van der Waals surface area (Å²) < 4.78 is 5.52. The fourth-order valence-electron chi connectivity index (χ4n) is 3.34. The molecule has 2 heterocycles. The van der Waals surface area contributed by atoms with Crippen molar-refractivity contribution in [1.29, 1.82) is 0 Å². The molecule has 0 bridgehead atoms. The molecule has 2 aromatic rings. The van der Waals surface area contributed by atoms with Gasteiger partial charge in [-0.05, 0) is 27.2 Å². The zero-order valence-corrected chi connectivity index (χ0v) is 16.6. The summed E-state index contributed by atoms with van der Waals surface area (Å²) in [6.45, 7) is 11.1. The van der Waals surface area contributed by atoms with Gasteiger partial charge in [0, 0.05) is 37.3 Å². The first-order chi connectivity index (χ1) is 13.0. The van der Waals surface area contributed by atoms with E-state index in [-0.39, 0.29) is 11.9 Å². The van der Waals surface area contributed by atoms with Crippen LogP contribution >= 0.6 is 0 Å². The lowest BCUT2D eigenvalue weighted by Gasteiger charge is -2.37. The van der Waals surface area contributed by atoms with E-state index in [1.165, 1.54) is 5.56 Å². The van der Waals surface area contributed by atoms with Crippen molar-refractivity contribution in [3.63, 3.8) is 0 Å². The van der Waals surface area contributed by atoms with Crippen molar-refractivity contribution in [2.75, 3.05) is 26.2 Å². The van der Waals surface area contributed by atoms with Crippen molar-refractivity contribution < 1.29 is 9.32 Å². The number of hydrogen-bond donors (Lipinski definition) is 0. The van der Waals surface area contributed by atoms with Crippen LogP contribution < -0.4 is 0 Å². The fourth-order valence-corrected chi connectivity index (χ4v) is 3.34. The Kier molecular flexibility index (Phi) is 6.06. The maximum absolute atomic E-state index is 12.4. The smallest absolute Gasteiger partial charge is 0.249 e. The number of benzene rings is 1. The lowest BCUT2D eigenvalue weighted by Crippen LogP contribution is -2.49. The lowest BCUT2D eigenvalue weighted by molar-refractivity contribution is -0.129. The summed E-state index contributed by atoms with van der Waals surface area (Å²) in [4.78, 5) is 21.2. The second-order valence-electron chi connectivity index (χ2n) is 7.12. The van der Waals surface area contributed by atoms with Gasteiger partial charge < -0.3 is 9.42 Å². The number of amides is 1. The fraction of sp³-hybridized carbons (Fsp3) is 0.476. The van der Waals surface area contributed by atoms with Crippen LogP contribution in [0.25, 0.3) is 11.4 Å². The molecule has 6 heteroatoms. The normalized spacial score (nSPS) is 17.2. The van der Waals surface area contributed by atoms with Gasteiger partial charge in [-0.1, -0.05) is 48.0 Å². The summed E-state index contributed by atoms with van der Waals surface area (Å²) in [7, 11) is 0. The summed E-state index contributed by atoms with van der Waals surface area (Å²) in [5.41, 5.74) is 2.99. The van der Waals surface area contributed by atoms with Crippen molar-refractivity contribution in [3.8, 4) is 11.4 Å². The molecule has 1 amide bonds.